The van der Waals surface area contributed by atoms with E-state index in [0.29, 0.717) is 11.8 Å². The maximum absolute atomic E-state index is 5.17. The largest absolute Gasteiger partial charge is 0.480 e. The predicted molar refractivity (Wildman–Crippen MR) is 61.0 cm³/mol. The van der Waals surface area contributed by atoms with Crippen LogP contribution in [0.15, 0.2) is 37.1 Å². The third kappa shape index (κ3) is 1.50. The smallest absolute Gasteiger partial charge is 0.235 e. The highest BCUT2D eigenvalue weighted by Gasteiger charge is 2.10. The van der Waals surface area contributed by atoms with E-state index in [2.05, 4.69) is 19.9 Å². The van der Waals surface area contributed by atoms with E-state index in [-0.39, 0.29) is 0 Å². The Labute approximate surface area is 96.9 Å². The van der Waals surface area contributed by atoms with Crippen molar-refractivity contribution in [3.63, 3.8) is 0 Å². The fourth-order valence-electron chi connectivity index (χ4n) is 1.67. The molecule has 0 aliphatic rings. The van der Waals surface area contributed by atoms with Gasteiger partial charge in [0.2, 0.25) is 11.8 Å². The van der Waals surface area contributed by atoms with Crippen LogP contribution < -0.4 is 4.74 Å². The van der Waals surface area contributed by atoms with Crippen molar-refractivity contribution in [3.05, 3.63) is 37.1 Å². The Balaban J connectivity index is 2.26. The molecule has 0 radical (unpaired) electrons. The average Bonchev–Trinajstić information content (AvgIpc) is 2.83. The van der Waals surface area contributed by atoms with Crippen LogP contribution in [0.3, 0.4) is 0 Å². The molecule has 0 aromatic carbocycles. The second-order valence-electron chi connectivity index (χ2n) is 3.35. The zero-order chi connectivity index (χ0) is 11.7. The minimum absolute atomic E-state index is 0.546. The first-order valence-corrected chi connectivity index (χ1v) is 5.03. The van der Waals surface area contributed by atoms with Gasteiger partial charge in [0.05, 0.1) is 12.5 Å². The van der Waals surface area contributed by atoms with Gasteiger partial charge in [0, 0.05) is 18.6 Å². The summed E-state index contributed by atoms with van der Waals surface area (Å²) >= 11 is 0. The molecule has 0 spiro atoms. The number of fused-ring (bicyclic) bond motifs is 1. The molecular formula is C11H9N5O. The topological polar surface area (TPSA) is 65.7 Å². The number of nitrogens with zero attached hydrogens (tertiary/aromatic N) is 5. The predicted octanol–water partition coefficient (Wildman–Crippen LogP) is 1.22. The summed E-state index contributed by atoms with van der Waals surface area (Å²) < 4.78 is 6.96. The molecule has 0 aliphatic carbocycles. The lowest BCUT2D eigenvalue weighted by Crippen LogP contribution is -2.00. The normalized spacial score (nSPS) is 10.6. The van der Waals surface area contributed by atoms with Crippen molar-refractivity contribution >= 4 is 11.0 Å². The summed E-state index contributed by atoms with van der Waals surface area (Å²) in [5.74, 6) is 1.12. The highest BCUT2D eigenvalue weighted by Crippen LogP contribution is 2.23. The highest BCUT2D eigenvalue weighted by atomic mass is 16.5. The van der Waals surface area contributed by atoms with Crippen molar-refractivity contribution in [1.82, 2.24) is 24.5 Å². The number of ether oxygens (including phenoxy) is 1. The van der Waals surface area contributed by atoms with Crippen LogP contribution in [0.4, 0.5) is 0 Å². The van der Waals surface area contributed by atoms with E-state index >= 15 is 0 Å². The summed E-state index contributed by atoms with van der Waals surface area (Å²) in [6, 6.07) is 3.65. The van der Waals surface area contributed by atoms with E-state index in [4.69, 9.17) is 4.74 Å². The van der Waals surface area contributed by atoms with Crippen molar-refractivity contribution in [1.29, 1.82) is 0 Å². The van der Waals surface area contributed by atoms with Gasteiger partial charge in [-0.3, -0.25) is 4.57 Å². The van der Waals surface area contributed by atoms with Gasteiger partial charge in [0.15, 0.2) is 5.65 Å². The molecule has 0 bridgehead atoms. The molecule has 0 amide bonds. The molecule has 3 aromatic heterocycles. The molecule has 3 rings (SSSR count). The van der Waals surface area contributed by atoms with Crippen molar-refractivity contribution in [2.75, 3.05) is 7.11 Å². The number of hydrogen-bond acceptors (Lipinski definition) is 5. The number of aromatic nitrogens is 5. The third-order valence-electron chi connectivity index (χ3n) is 2.41. The zero-order valence-electron chi connectivity index (χ0n) is 9.11. The minimum atomic E-state index is 0.546. The Morgan fingerprint density at radius 1 is 1.12 bits per heavy atom. The maximum atomic E-state index is 5.17. The fourth-order valence-corrected chi connectivity index (χ4v) is 1.67. The molecule has 0 N–H and O–H groups in total. The van der Waals surface area contributed by atoms with Crippen LogP contribution in [0.5, 0.6) is 5.88 Å². The molecule has 0 unspecified atom stereocenters. The molecule has 84 valence electrons. The van der Waals surface area contributed by atoms with Crippen LogP contribution in [0.25, 0.3) is 17.0 Å². The summed E-state index contributed by atoms with van der Waals surface area (Å²) in [4.78, 5) is 16.6. The number of rotatable bonds is 2. The Morgan fingerprint density at radius 2 is 1.94 bits per heavy atom. The van der Waals surface area contributed by atoms with Crippen LogP contribution in [-0.4, -0.2) is 31.6 Å². The SMILES string of the molecule is COc1ncnc2c1ccn2-c1ncccn1. The lowest BCUT2D eigenvalue weighted by Gasteiger charge is -2.02. The minimum Gasteiger partial charge on any atom is -0.480 e. The lowest BCUT2D eigenvalue weighted by atomic mass is 10.4. The van der Waals surface area contributed by atoms with Gasteiger partial charge in [-0.1, -0.05) is 0 Å². The molecule has 0 aliphatic heterocycles. The molecule has 3 heterocycles. The van der Waals surface area contributed by atoms with Gasteiger partial charge >= 0.3 is 0 Å². The molecule has 0 atom stereocenters. The quantitative estimate of drug-likeness (QED) is 0.658. The maximum Gasteiger partial charge on any atom is 0.235 e. The summed E-state index contributed by atoms with van der Waals surface area (Å²) in [5, 5.41) is 0.836. The van der Waals surface area contributed by atoms with E-state index < -0.39 is 0 Å². The van der Waals surface area contributed by atoms with Crippen LogP contribution in [0.2, 0.25) is 0 Å². The van der Waals surface area contributed by atoms with Crippen LogP contribution in [0, 0.1) is 0 Å². The second kappa shape index (κ2) is 3.82. The van der Waals surface area contributed by atoms with Gasteiger partial charge in [0.1, 0.15) is 6.33 Å². The summed E-state index contributed by atoms with van der Waals surface area (Å²) in [6.45, 7) is 0. The lowest BCUT2D eigenvalue weighted by molar-refractivity contribution is 0.402. The van der Waals surface area contributed by atoms with E-state index in [1.54, 1.807) is 30.1 Å². The van der Waals surface area contributed by atoms with Gasteiger partial charge in [-0.25, -0.2) is 19.9 Å². The van der Waals surface area contributed by atoms with E-state index in [1.165, 1.54) is 6.33 Å². The standard InChI is InChI=1S/C11H9N5O/c1-17-10-8-3-6-16(9(8)14-7-15-10)11-12-4-2-5-13-11/h2-7H,1H3. The van der Waals surface area contributed by atoms with E-state index in [9.17, 15) is 0 Å². The Morgan fingerprint density at radius 3 is 2.71 bits per heavy atom. The first kappa shape index (κ1) is 9.71. The molecule has 17 heavy (non-hydrogen) atoms. The van der Waals surface area contributed by atoms with Gasteiger partial charge in [-0.2, -0.15) is 0 Å². The van der Waals surface area contributed by atoms with E-state index in [0.717, 1.165) is 11.0 Å². The molecule has 3 aromatic rings. The third-order valence-corrected chi connectivity index (χ3v) is 2.41. The summed E-state index contributed by atoms with van der Waals surface area (Å²) in [7, 11) is 1.58. The molecule has 6 heteroatoms. The first-order valence-electron chi connectivity index (χ1n) is 5.03. The highest BCUT2D eigenvalue weighted by molar-refractivity contribution is 5.82. The Hall–Kier alpha value is -2.50. The monoisotopic (exact) mass is 227 g/mol. The van der Waals surface area contributed by atoms with Crippen molar-refractivity contribution in [2.24, 2.45) is 0 Å². The van der Waals surface area contributed by atoms with Gasteiger partial charge in [-0.05, 0) is 12.1 Å². The molecule has 0 saturated heterocycles. The number of methoxy groups -OCH3 is 1. The Kier molecular flexibility index (Phi) is 2.18. The van der Waals surface area contributed by atoms with Gasteiger partial charge in [0.25, 0.3) is 0 Å². The summed E-state index contributed by atoms with van der Waals surface area (Å²) in [6.07, 6.45) is 6.68. The van der Waals surface area contributed by atoms with Crippen molar-refractivity contribution < 1.29 is 4.74 Å². The molecule has 6 nitrogen and oxygen atoms in total. The molecule has 0 saturated carbocycles. The summed E-state index contributed by atoms with van der Waals surface area (Å²) in [5.41, 5.74) is 0.725. The van der Waals surface area contributed by atoms with E-state index in [1.807, 2.05) is 12.3 Å². The number of hydrogen-bond donors (Lipinski definition) is 0. The molecule has 0 fully saturated rings. The van der Waals surface area contributed by atoms with Gasteiger partial charge in [-0.15, -0.1) is 0 Å². The van der Waals surface area contributed by atoms with Crippen LogP contribution in [-0.2, 0) is 0 Å². The van der Waals surface area contributed by atoms with Gasteiger partial charge < -0.3 is 4.74 Å². The van der Waals surface area contributed by atoms with Crippen LogP contribution >= 0.6 is 0 Å². The zero-order valence-corrected chi connectivity index (χ0v) is 9.11. The average molecular weight is 227 g/mol. The first-order chi connectivity index (χ1) is 8.40. The Bertz CT molecular complexity index is 649. The van der Waals surface area contributed by atoms with Crippen molar-refractivity contribution in [3.8, 4) is 11.8 Å². The fraction of sp³-hybridized carbons (Fsp3) is 0.0909. The second-order valence-corrected chi connectivity index (χ2v) is 3.35. The molecular weight excluding hydrogens is 218 g/mol. The van der Waals surface area contributed by atoms with Crippen LogP contribution in [0.1, 0.15) is 0 Å². The van der Waals surface area contributed by atoms with Crippen molar-refractivity contribution in [2.45, 2.75) is 0 Å².